The number of hydrogen-bond donors (Lipinski definition) is 0. The van der Waals surface area contributed by atoms with E-state index in [4.69, 9.17) is 14.2 Å². The van der Waals surface area contributed by atoms with Crippen molar-refractivity contribution in [3.8, 4) is 0 Å². The molecule has 0 aliphatic heterocycles. The number of ether oxygens (including phenoxy) is 3. The van der Waals surface area contributed by atoms with Crippen molar-refractivity contribution in [2.24, 2.45) is 0 Å². The van der Waals surface area contributed by atoms with E-state index in [0.29, 0.717) is 19.3 Å². The third kappa shape index (κ3) is 49.9. The lowest BCUT2D eigenvalue weighted by Gasteiger charge is -2.18. The number of unbranched alkanes of at least 4 members (excludes halogenated alkanes) is 25. The second kappa shape index (κ2) is 52.5. The minimum Gasteiger partial charge on any atom is -0.462 e. The van der Waals surface area contributed by atoms with Crippen LogP contribution >= 0.6 is 0 Å². The van der Waals surface area contributed by atoms with E-state index in [9.17, 15) is 14.4 Å². The number of carbonyl (C=O) groups is 3. The standard InChI is InChI=1S/C58H100O6/c1-4-7-10-13-16-19-22-25-27-28-29-30-32-33-36-39-42-45-48-51-57(60)63-54-55(53-62-56(59)50-47-44-41-38-35-24-21-18-15-12-9-6-3)64-58(61)52-49-46-43-40-37-34-31-26-23-20-17-14-11-8-5-2/h7,9-10,12,16,18-19,21,25,27,35,38,55H,4-6,8,11,13-15,17,20,22-24,26,28-34,36-37,39-54H2,1-3H3/b10-7-,12-9-,19-16-,21-18-,27-25-,38-35-. The molecule has 6 heteroatoms. The molecule has 0 saturated heterocycles. The first kappa shape index (κ1) is 60.9. The van der Waals surface area contributed by atoms with Crippen LogP contribution in [0.2, 0.25) is 0 Å². The van der Waals surface area contributed by atoms with Crippen molar-refractivity contribution in [3.05, 3.63) is 72.9 Å². The maximum absolute atomic E-state index is 12.8. The van der Waals surface area contributed by atoms with Crippen molar-refractivity contribution in [2.75, 3.05) is 13.2 Å². The Balaban J connectivity index is 4.37. The first-order valence-corrected chi connectivity index (χ1v) is 26.9. The maximum Gasteiger partial charge on any atom is 0.306 e. The van der Waals surface area contributed by atoms with Crippen LogP contribution in [0.25, 0.3) is 0 Å². The minimum atomic E-state index is -0.790. The Bertz CT molecular complexity index is 1210. The summed E-state index contributed by atoms with van der Waals surface area (Å²) >= 11 is 0. The Hall–Kier alpha value is -3.15. The first-order chi connectivity index (χ1) is 31.5. The zero-order chi connectivity index (χ0) is 46.5. The summed E-state index contributed by atoms with van der Waals surface area (Å²) in [6.45, 7) is 6.39. The largest absolute Gasteiger partial charge is 0.462 e. The molecule has 0 radical (unpaired) electrons. The van der Waals surface area contributed by atoms with Crippen LogP contribution < -0.4 is 0 Å². The molecule has 0 aliphatic carbocycles. The third-order valence-corrected chi connectivity index (χ3v) is 11.5. The van der Waals surface area contributed by atoms with Crippen LogP contribution in [0, 0.1) is 0 Å². The smallest absolute Gasteiger partial charge is 0.306 e. The Morgan fingerprint density at radius 1 is 0.328 bits per heavy atom. The van der Waals surface area contributed by atoms with Crippen molar-refractivity contribution >= 4 is 17.9 Å². The van der Waals surface area contributed by atoms with Crippen LogP contribution in [0.15, 0.2) is 72.9 Å². The summed E-state index contributed by atoms with van der Waals surface area (Å²) in [6, 6.07) is 0. The van der Waals surface area contributed by atoms with Crippen LogP contribution in [0.1, 0.15) is 258 Å². The van der Waals surface area contributed by atoms with Gasteiger partial charge in [-0.15, -0.1) is 0 Å². The minimum absolute atomic E-state index is 0.0887. The fourth-order valence-electron chi connectivity index (χ4n) is 7.47. The molecule has 368 valence electrons. The predicted molar refractivity (Wildman–Crippen MR) is 274 cm³/mol. The zero-order valence-corrected chi connectivity index (χ0v) is 42.0. The summed E-state index contributed by atoms with van der Waals surface area (Å²) in [6.07, 6.45) is 66.1. The van der Waals surface area contributed by atoms with Crippen LogP contribution in [0.5, 0.6) is 0 Å². The highest BCUT2D eigenvalue weighted by Gasteiger charge is 2.19. The van der Waals surface area contributed by atoms with Crippen molar-refractivity contribution in [1.29, 1.82) is 0 Å². The Morgan fingerprint density at radius 2 is 0.609 bits per heavy atom. The van der Waals surface area contributed by atoms with E-state index >= 15 is 0 Å². The quantitative estimate of drug-likeness (QED) is 0.0262. The third-order valence-electron chi connectivity index (χ3n) is 11.5. The van der Waals surface area contributed by atoms with Gasteiger partial charge in [0.05, 0.1) is 0 Å². The SMILES string of the molecule is CC/C=C\C/C=C\C/C=C\CCCCCCCCCCCC(=O)OCC(COC(=O)CCCC/C=C\C/C=C\C/C=C\CC)OC(=O)CCCCCCCCCCCCCCCCC. The number of hydrogen-bond acceptors (Lipinski definition) is 6. The molecule has 0 saturated carbocycles. The molecule has 64 heavy (non-hydrogen) atoms. The van der Waals surface area contributed by atoms with Gasteiger partial charge >= 0.3 is 17.9 Å². The molecule has 0 aromatic heterocycles. The van der Waals surface area contributed by atoms with E-state index in [1.165, 1.54) is 122 Å². The molecule has 0 aromatic carbocycles. The van der Waals surface area contributed by atoms with Crippen molar-refractivity contribution in [1.82, 2.24) is 0 Å². The lowest BCUT2D eigenvalue weighted by Crippen LogP contribution is -2.30. The number of rotatable bonds is 48. The van der Waals surface area contributed by atoms with Gasteiger partial charge in [0.25, 0.3) is 0 Å². The molecule has 0 aliphatic rings. The average molecular weight is 893 g/mol. The normalized spacial score (nSPS) is 12.6. The topological polar surface area (TPSA) is 78.9 Å². The highest BCUT2D eigenvalue weighted by molar-refractivity contribution is 5.71. The lowest BCUT2D eigenvalue weighted by molar-refractivity contribution is -0.167. The molecule has 0 N–H and O–H groups in total. The van der Waals surface area contributed by atoms with Gasteiger partial charge in [0, 0.05) is 19.3 Å². The van der Waals surface area contributed by atoms with Gasteiger partial charge in [-0.3, -0.25) is 14.4 Å². The van der Waals surface area contributed by atoms with Crippen LogP contribution in [0.3, 0.4) is 0 Å². The molecule has 1 atom stereocenters. The molecule has 0 fully saturated rings. The molecule has 0 heterocycles. The van der Waals surface area contributed by atoms with Gasteiger partial charge in [0.15, 0.2) is 6.10 Å². The zero-order valence-electron chi connectivity index (χ0n) is 42.0. The highest BCUT2D eigenvalue weighted by Crippen LogP contribution is 2.16. The number of esters is 3. The summed E-state index contributed by atoms with van der Waals surface area (Å²) in [5, 5.41) is 0. The van der Waals surface area contributed by atoms with Gasteiger partial charge < -0.3 is 14.2 Å². The second-order valence-electron chi connectivity index (χ2n) is 17.7. The average Bonchev–Trinajstić information content (AvgIpc) is 3.29. The van der Waals surface area contributed by atoms with Gasteiger partial charge in [-0.1, -0.05) is 229 Å². The number of allylic oxidation sites excluding steroid dienone is 12. The molecular formula is C58H100O6. The molecule has 0 spiro atoms. The monoisotopic (exact) mass is 893 g/mol. The summed E-state index contributed by atoms with van der Waals surface area (Å²) in [5.74, 6) is -0.928. The van der Waals surface area contributed by atoms with Crippen molar-refractivity contribution in [3.63, 3.8) is 0 Å². The maximum atomic E-state index is 12.8. The molecule has 0 amide bonds. The summed E-state index contributed by atoms with van der Waals surface area (Å²) < 4.78 is 16.8. The van der Waals surface area contributed by atoms with E-state index in [-0.39, 0.29) is 31.1 Å². The Kier molecular flexibility index (Phi) is 49.9. The lowest BCUT2D eigenvalue weighted by atomic mass is 10.0. The fraction of sp³-hybridized carbons (Fsp3) is 0.741. The molecule has 6 nitrogen and oxygen atoms in total. The van der Waals surface area contributed by atoms with Gasteiger partial charge in [0.1, 0.15) is 13.2 Å². The molecule has 0 aromatic rings. The van der Waals surface area contributed by atoms with E-state index in [0.717, 1.165) is 96.3 Å². The number of carbonyl (C=O) groups excluding carboxylic acids is 3. The second-order valence-corrected chi connectivity index (χ2v) is 17.7. The van der Waals surface area contributed by atoms with Crippen LogP contribution in [-0.2, 0) is 28.6 Å². The Morgan fingerprint density at radius 3 is 0.984 bits per heavy atom. The molecule has 0 rings (SSSR count). The summed E-state index contributed by atoms with van der Waals surface area (Å²) in [7, 11) is 0. The van der Waals surface area contributed by atoms with Crippen LogP contribution in [0.4, 0.5) is 0 Å². The molecular weight excluding hydrogens is 793 g/mol. The van der Waals surface area contributed by atoms with Gasteiger partial charge in [0.2, 0.25) is 0 Å². The first-order valence-electron chi connectivity index (χ1n) is 26.9. The van der Waals surface area contributed by atoms with E-state index in [1.807, 2.05) is 0 Å². The fourth-order valence-corrected chi connectivity index (χ4v) is 7.47. The summed E-state index contributed by atoms with van der Waals surface area (Å²) in [4.78, 5) is 38.0. The Labute approximate surface area is 395 Å². The van der Waals surface area contributed by atoms with Gasteiger partial charge in [-0.2, -0.15) is 0 Å². The van der Waals surface area contributed by atoms with E-state index in [2.05, 4.69) is 93.7 Å². The predicted octanol–water partition coefficient (Wildman–Crippen LogP) is 17.8. The van der Waals surface area contributed by atoms with Gasteiger partial charge in [-0.05, 0) is 83.5 Å². The molecule has 1 unspecified atom stereocenters. The highest BCUT2D eigenvalue weighted by atomic mass is 16.6. The summed E-state index contributed by atoms with van der Waals surface area (Å²) in [5.41, 5.74) is 0. The van der Waals surface area contributed by atoms with Crippen LogP contribution in [-0.4, -0.2) is 37.2 Å². The molecule has 0 bridgehead atoms. The van der Waals surface area contributed by atoms with Crippen molar-refractivity contribution < 1.29 is 28.6 Å². The van der Waals surface area contributed by atoms with E-state index < -0.39 is 6.10 Å². The van der Waals surface area contributed by atoms with Crippen molar-refractivity contribution in [2.45, 2.75) is 264 Å². The van der Waals surface area contributed by atoms with E-state index in [1.54, 1.807) is 0 Å². The van der Waals surface area contributed by atoms with Gasteiger partial charge in [-0.25, -0.2) is 0 Å².